The largest absolute Gasteiger partial charge is 0.394 e. The maximum atomic E-state index is 13.3. The van der Waals surface area contributed by atoms with Crippen LogP contribution in [0.4, 0.5) is 26.0 Å². The molecule has 0 aliphatic heterocycles. The lowest BCUT2D eigenvalue weighted by atomic mass is 10.3. The van der Waals surface area contributed by atoms with Gasteiger partial charge in [0.25, 0.3) is 0 Å². The van der Waals surface area contributed by atoms with E-state index < -0.39 is 11.6 Å². The molecule has 2 aromatic rings. The van der Waals surface area contributed by atoms with E-state index in [4.69, 9.17) is 5.73 Å². The third-order valence-corrected chi connectivity index (χ3v) is 1.95. The zero-order chi connectivity index (χ0) is 11.5. The highest BCUT2D eigenvalue weighted by molar-refractivity contribution is 5.67. The molecule has 6 heteroatoms. The van der Waals surface area contributed by atoms with E-state index in [1.165, 1.54) is 24.7 Å². The standard InChI is InChI=1S/C10H8F2N4/c11-6-2-1-3-8(9(6)12)16-10-7(13)4-14-5-15-10/h1-5H,13H2,(H,14,15,16). The second kappa shape index (κ2) is 4.09. The van der Waals surface area contributed by atoms with Crippen LogP contribution < -0.4 is 11.1 Å². The smallest absolute Gasteiger partial charge is 0.182 e. The summed E-state index contributed by atoms with van der Waals surface area (Å²) < 4.78 is 26.2. The number of hydrogen-bond acceptors (Lipinski definition) is 4. The molecule has 0 saturated carbocycles. The molecule has 0 fully saturated rings. The van der Waals surface area contributed by atoms with Crippen LogP contribution in [-0.2, 0) is 0 Å². The number of hydrogen-bond donors (Lipinski definition) is 2. The first-order valence-corrected chi connectivity index (χ1v) is 4.45. The van der Waals surface area contributed by atoms with E-state index in [1.807, 2.05) is 0 Å². The Hall–Kier alpha value is -2.24. The minimum atomic E-state index is -0.972. The van der Waals surface area contributed by atoms with Gasteiger partial charge in [-0.25, -0.2) is 18.7 Å². The highest BCUT2D eigenvalue weighted by Gasteiger charge is 2.09. The summed E-state index contributed by atoms with van der Waals surface area (Å²) in [5, 5.41) is 2.59. The van der Waals surface area contributed by atoms with Crippen LogP contribution >= 0.6 is 0 Å². The van der Waals surface area contributed by atoms with E-state index in [1.54, 1.807) is 0 Å². The molecule has 0 amide bonds. The summed E-state index contributed by atoms with van der Waals surface area (Å²) in [4.78, 5) is 7.49. The van der Waals surface area contributed by atoms with E-state index in [9.17, 15) is 8.78 Å². The Morgan fingerprint density at radius 3 is 2.81 bits per heavy atom. The van der Waals surface area contributed by atoms with Crippen molar-refractivity contribution in [2.24, 2.45) is 0 Å². The van der Waals surface area contributed by atoms with E-state index >= 15 is 0 Å². The van der Waals surface area contributed by atoms with Gasteiger partial charge in [0.2, 0.25) is 0 Å². The lowest BCUT2D eigenvalue weighted by molar-refractivity contribution is 0.511. The van der Waals surface area contributed by atoms with E-state index in [2.05, 4.69) is 15.3 Å². The molecule has 0 aliphatic carbocycles. The summed E-state index contributed by atoms with van der Waals surface area (Å²) in [6, 6.07) is 3.81. The van der Waals surface area contributed by atoms with Crippen molar-refractivity contribution < 1.29 is 8.78 Å². The normalized spacial score (nSPS) is 10.1. The molecule has 0 unspecified atom stereocenters. The predicted molar refractivity (Wildman–Crippen MR) is 56.1 cm³/mol. The summed E-state index contributed by atoms with van der Waals surface area (Å²) in [6.07, 6.45) is 2.63. The summed E-state index contributed by atoms with van der Waals surface area (Å²) in [5.74, 6) is -1.67. The van der Waals surface area contributed by atoms with Crippen molar-refractivity contribution in [3.05, 3.63) is 42.4 Å². The quantitative estimate of drug-likeness (QED) is 0.816. The van der Waals surface area contributed by atoms with Gasteiger partial charge in [0, 0.05) is 0 Å². The number of benzene rings is 1. The number of aromatic nitrogens is 2. The predicted octanol–water partition coefficient (Wildman–Crippen LogP) is 2.08. The van der Waals surface area contributed by atoms with Crippen molar-refractivity contribution in [1.29, 1.82) is 0 Å². The molecular weight excluding hydrogens is 214 g/mol. The van der Waals surface area contributed by atoms with E-state index in [-0.39, 0.29) is 17.2 Å². The number of nitrogens with zero attached hydrogens (tertiary/aromatic N) is 2. The molecule has 0 aliphatic rings. The zero-order valence-electron chi connectivity index (χ0n) is 8.11. The summed E-state index contributed by atoms with van der Waals surface area (Å²) >= 11 is 0. The van der Waals surface area contributed by atoms with Crippen LogP contribution in [0.25, 0.3) is 0 Å². The third-order valence-electron chi connectivity index (χ3n) is 1.95. The molecule has 0 radical (unpaired) electrons. The van der Waals surface area contributed by atoms with E-state index in [0.717, 1.165) is 6.07 Å². The fourth-order valence-corrected chi connectivity index (χ4v) is 1.17. The number of rotatable bonds is 2. The summed E-state index contributed by atoms with van der Waals surface area (Å²) in [6.45, 7) is 0. The molecule has 2 rings (SSSR count). The number of halogens is 2. The fourth-order valence-electron chi connectivity index (χ4n) is 1.17. The van der Waals surface area contributed by atoms with Crippen molar-refractivity contribution >= 4 is 17.2 Å². The van der Waals surface area contributed by atoms with Gasteiger partial charge in [0.1, 0.15) is 6.33 Å². The highest BCUT2D eigenvalue weighted by atomic mass is 19.2. The van der Waals surface area contributed by atoms with Gasteiger partial charge in [0.15, 0.2) is 17.5 Å². The van der Waals surface area contributed by atoms with Crippen LogP contribution in [-0.4, -0.2) is 9.97 Å². The van der Waals surface area contributed by atoms with Gasteiger partial charge in [-0.3, -0.25) is 0 Å². The van der Waals surface area contributed by atoms with Crippen molar-refractivity contribution in [3.8, 4) is 0 Å². The molecular formula is C10H8F2N4. The monoisotopic (exact) mass is 222 g/mol. The average molecular weight is 222 g/mol. The molecule has 0 atom stereocenters. The Morgan fingerprint density at radius 1 is 1.25 bits per heavy atom. The van der Waals surface area contributed by atoms with Crippen LogP contribution in [0.5, 0.6) is 0 Å². The van der Waals surface area contributed by atoms with Gasteiger partial charge < -0.3 is 11.1 Å². The molecule has 16 heavy (non-hydrogen) atoms. The Balaban J connectivity index is 2.35. The van der Waals surface area contributed by atoms with Crippen LogP contribution in [0.3, 0.4) is 0 Å². The van der Waals surface area contributed by atoms with Gasteiger partial charge in [-0.15, -0.1) is 0 Å². The SMILES string of the molecule is Nc1cncnc1Nc1cccc(F)c1F. The number of nitrogens with two attached hydrogens (primary N) is 1. The lowest BCUT2D eigenvalue weighted by Gasteiger charge is -2.08. The van der Waals surface area contributed by atoms with Gasteiger partial charge in [-0.2, -0.15) is 0 Å². The molecule has 3 N–H and O–H groups in total. The minimum absolute atomic E-state index is 0.0228. The zero-order valence-corrected chi connectivity index (χ0v) is 8.11. The fraction of sp³-hybridized carbons (Fsp3) is 0. The van der Waals surface area contributed by atoms with Gasteiger partial charge in [-0.1, -0.05) is 6.07 Å². The van der Waals surface area contributed by atoms with Crippen LogP contribution in [0.1, 0.15) is 0 Å². The number of nitrogen functional groups attached to an aromatic ring is 1. The van der Waals surface area contributed by atoms with Gasteiger partial charge in [0.05, 0.1) is 17.6 Å². The average Bonchev–Trinajstić information content (AvgIpc) is 2.28. The van der Waals surface area contributed by atoms with Crippen LogP contribution in [0.2, 0.25) is 0 Å². The Labute approximate surface area is 90.1 Å². The first-order valence-electron chi connectivity index (χ1n) is 4.45. The molecule has 0 saturated heterocycles. The number of anilines is 3. The molecule has 0 spiro atoms. The number of nitrogens with one attached hydrogen (secondary N) is 1. The van der Waals surface area contributed by atoms with E-state index in [0.29, 0.717) is 0 Å². The molecule has 1 aromatic carbocycles. The lowest BCUT2D eigenvalue weighted by Crippen LogP contribution is -2.02. The third kappa shape index (κ3) is 1.90. The second-order valence-electron chi connectivity index (χ2n) is 3.05. The van der Waals surface area contributed by atoms with Crippen LogP contribution in [0.15, 0.2) is 30.7 Å². The topological polar surface area (TPSA) is 63.8 Å². The first-order chi connectivity index (χ1) is 7.68. The van der Waals surface area contributed by atoms with Gasteiger partial charge in [-0.05, 0) is 12.1 Å². The highest BCUT2D eigenvalue weighted by Crippen LogP contribution is 2.22. The maximum Gasteiger partial charge on any atom is 0.182 e. The van der Waals surface area contributed by atoms with Crippen LogP contribution in [0, 0.1) is 11.6 Å². The Kier molecular flexibility index (Phi) is 2.63. The van der Waals surface area contributed by atoms with Crippen molar-refractivity contribution in [1.82, 2.24) is 9.97 Å². The van der Waals surface area contributed by atoms with Crippen molar-refractivity contribution in [2.45, 2.75) is 0 Å². The second-order valence-corrected chi connectivity index (χ2v) is 3.05. The van der Waals surface area contributed by atoms with Gasteiger partial charge >= 0.3 is 0 Å². The van der Waals surface area contributed by atoms with Crippen molar-refractivity contribution in [2.75, 3.05) is 11.1 Å². The molecule has 4 nitrogen and oxygen atoms in total. The minimum Gasteiger partial charge on any atom is -0.394 e. The molecule has 82 valence electrons. The summed E-state index contributed by atoms with van der Waals surface area (Å²) in [7, 11) is 0. The maximum absolute atomic E-state index is 13.3. The molecule has 0 bridgehead atoms. The Bertz CT molecular complexity index is 516. The Morgan fingerprint density at radius 2 is 2.06 bits per heavy atom. The summed E-state index contributed by atoms with van der Waals surface area (Å²) in [5.41, 5.74) is 5.79. The molecule has 1 aromatic heterocycles. The first kappa shape index (κ1) is 10.3. The molecule has 1 heterocycles. The van der Waals surface area contributed by atoms with Crippen molar-refractivity contribution in [3.63, 3.8) is 0 Å².